The predicted octanol–water partition coefficient (Wildman–Crippen LogP) is 3.46. The van der Waals surface area contributed by atoms with Crippen molar-refractivity contribution in [1.82, 2.24) is 4.90 Å². The molecule has 0 saturated carbocycles. The number of allylic oxidation sites excluding steroid dienone is 1. The fourth-order valence-corrected chi connectivity index (χ4v) is 3.30. The van der Waals surface area contributed by atoms with Crippen molar-refractivity contribution in [3.05, 3.63) is 60.2 Å². The lowest BCUT2D eigenvalue weighted by Crippen LogP contribution is -2.48. The Morgan fingerprint density at radius 2 is 1.67 bits per heavy atom. The van der Waals surface area contributed by atoms with E-state index in [2.05, 4.69) is 17.0 Å². The van der Waals surface area contributed by atoms with Crippen molar-refractivity contribution in [3.8, 4) is 11.5 Å². The van der Waals surface area contributed by atoms with E-state index in [1.807, 2.05) is 48.2 Å². The molecule has 1 fully saturated rings. The summed E-state index contributed by atoms with van der Waals surface area (Å²) in [6.45, 7) is 5.06. The zero-order valence-corrected chi connectivity index (χ0v) is 16.1. The molecule has 27 heavy (non-hydrogen) atoms. The molecule has 0 aromatic heterocycles. The average molecular weight is 366 g/mol. The molecule has 0 atom stereocenters. The van der Waals surface area contributed by atoms with Gasteiger partial charge in [-0.1, -0.05) is 18.2 Å². The number of nitrogens with zero attached hydrogens (tertiary/aromatic N) is 2. The third-order valence-electron chi connectivity index (χ3n) is 4.89. The summed E-state index contributed by atoms with van der Waals surface area (Å²) in [5, 5.41) is 0. The first-order valence-electron chi connectivity index (χ1n) is 9.12. The largest absolute Gasteiger partial charge is 0.497 e. The second-order valence-electron chi connectivity index (χ2n) is 6.54. The van der Waals surface area contributed by atoms with Gasteiger partial charge in [-0.3, -0.25) is 4.79 Å². The Kier molecular flexibility index (Phi) is 6.01. The number of carbonyl (C=O) groups is 1. The number of ether oxygens (including phenoxy) is 2. The number of amides is 1. The highest BCUT2D eigenvalue weighted by atomic mass is 16.5. The average Bonchev–Trinajstić information content (AvgIpc) is 2.73. The van der Waals surface area contributed by atoms with Gasteiger partial charge in [0.2, 0.25) is 5.91 Å². The van der Waals surface area contributed by atoms with Crippen molar-refractivity contribution in [3.63, 3.8) is 0 Å². The maximum absolute atomic E-state index is 12.7. The number of anilines is 1. The SMILES string of the molecule is COc1ccc(/C(C)=C/C(=O)N2CCN(c3ccccc3)CC2)c(OC)c1. The molecule has 0 spiro atoms. The quantitative estimate of drug-likeness (QED) is 0.760. The van der Waals surface area contributed by atoms with Crippen molar-refractivity contribution in [1.29, 1.82) is 0 Å². The van der Waals surface area contributed by atoms with E-state index in [9.17, 15) is 4.79 Å². The molecule has 3 rings (SSSR count). The standard InChI is InChI=1S/C22H26N2O3/c1-17(20-10-9-19(26-2)16-21(20)27-3)15-22(25)24-13-11-23(12-14-24)18-7-5-4-6-8-18/h4-10,15-16H,11-14H2,1-3H3/b17-15+. The van der Waals surface area contributed by atoms with Crippen LogP contribution in [0.5, 0.6) is 11.5 Å². The lowest BCUT2D eigenvalue weighted by atomic mass is 10.1. The van der Waals surface area contributed by atoms with Gasteiger partial charge in [0.05, 0.1) is 14.2 Å². The van der Waals surface area contributed by atoms with E-state index in [0.717, 1.165) is 43.1 Å². The van der Waals surface area contributed by atoms with Crippen LogP contribution in [0.3, 0.4) is 0 Å². The van der Waals surface area contributed by atoms with E-state index in [-0.39, 0.29) is 5.91 Å². The molecule has 0 radical (unpaired) electrons. The molecular formula is C22H26N2O3. The summed E-state index contributed by atoms with van der Waals surface area (Å²) in [4.78, 5) is 16.9. The third kappa shape index (κ3) is 4.42. The highest BCUT2D eigenvalue weighted by Crippen LogP contribution is 2.30. The van der Waals surface area contributed by atoms with Crippen molar-refractivity contribution in [2.24, 2.45) is 0 Å². The van der Waals surface area contributed by atoms with Gasteiger partial charge in [-0.15, -0.1) is 0 Å². The van der Waals surface area contributed by atoms with Gasteiger partial charge in [0, 0.05) is 49.6 Å². The van der Waals surface area contributed by atoms with Gasteiger partial charge in [0.25, 0.3) is 0 Å². The normalized spacial score (nSPS) is 14.9. The van der Waals surface area contributed by atoms with Gasteiger partial charge in [0.15, 0.2) is 0 Å². The minimum atomic E-state index is 0.0399. The maximum Gasteiger partial charge on any atom is 0.246 e. The van der Waals surface area contributed by atoms with E-state index < -0.39 is 0 Å². The molecule has 1 saturated heterocycles. The molecule has 0 unspecified atom stereocenters. The molecule has 5 heteroatoms. The second kappa shape index (κ2) is 8.62. The lowest BCUT2D eigenvalue weighted by Gasteiger charge is -2.35. The highest BCUT2D eigenvalue weighted by molar-refractivity contribution is 5.95. The van der Waals surface area contributed by atoms with Gasteiger partial charge in [-0.25, -0.2) is 0 Å². The summed E-state index contributed by atoms with van der Waals surface area (Å²) in [6.07, 6.45) is 1.70. The molecular weight excluding hydrogens is 340 g/mol. The number of hydrogen-bond donors (Lipinski definition) is 0. The fourth-order valence-electron chi connectivity index (χ4n) is 3.30. The smallest absolute Gasteiger partial charge is 0.246 e. The molecule has 5 nitrogen and oxygen atoms in total. The molecule has 142 valence electrons. The van der Waals surface area contributed by atoms with Crippen molar-refractivity contribution in [2.75, 3.05) is 45.3 Å². The van der Waals surface area contributed by atoms with E-state index in [1.54, 1.807) is 20.3 Å². The number of rotatable bonds is 5. The Morgan fingerprint density at radius 3 is 2.30 bits per heavy atom. The minimum absolute atomic E-state index is 0.0399. The predicted molar refractivity (Wildman–Crippen MR) is 108 cm³/mol. The second-order valence-corrected chi connectivity index (χ2v) is 6.54. The molecule has 1 aliphatic rings. The zero-order chi connectivity index (χ0) is 19.2. The molecule has 1 heterocycles. The highest BCUT2D eigenvalue weighted by Gasteiger charge is 2.20. The minimum Gasteiger partial charge on any atom is -0.497 e. The van der Waals surface area contributed by atoms with Gasteiger partial charge in [0.1, 0.15) is 11.5 Å². The Bertz CT molecular complexity index is 810. The first-order chi connectivity index (χ1) is 13.1. The van der Waals surface area contributed by atoms with Crippen LogP contribution in [-0.2, 0) is 4.79 Å². The first-order valence-corrected chi connectivity index (χ1v) is 9.12. The van der Waals surface area contributed by atoms with Crippen molar-refractivity contribution < 1.29 is 14.3 Å². The van der Waals surface area contributed by atoms with E-state index >= 15 is 0 Å². The van der Waals surface area contributed by atoms with E-state index in [4.69, 9.17) is 9.47 Å². The van der Waals surface area contributed by atoms with Crippen LogP contribution in [0, 0.1) is 0 Å². The summed E-state index contributed by atoms with van der Waals surface area (Å²) < 4.78 is 10.7. The van der Waals surface area contributed by atoms with Crippen LogP contribution in [-0.4, -0.2) is 51.2 Å². The number of para-hydroxylation sites is 1. The molecule has 0 N–H and O–H groups in total. The zero-order valence-electron chi connectivity index (χ0n) is 16.1. The number of carbonyl (C=O) groups excluding carboxylic acids is 1. The fraction of sp³-hybridized carbons (Fsp3) is 0.318. The van der Waals surface area contributed by atoms with Crippen LogP contribution in [0.2, 0.25) is 0 Å². The van der Waals surface area contributed by atoms with Crippen LogP contribution < -0.4 is 14.4 Å². The summed E-state index contributed by atoms with van der Waals surface area (Å²) in [5.41, 5.74) is 2.99. The summed E-state index contributed by atoms with van der Waals surface area (Å²) in [5.74, 6) is 1.47. The number of piperazine rings is 1. The lowest BCUT2D eigenvalue weighted by molar-refractivity contribution is -0.126. The Morgan fingerprint density at radius 1 is 0.963 bits per heavy atom. The number of benzene rings is 2. The van der Waals surface area contributed by atoms with Gasteiger partial charge in [-0.2, -0.15) is 0 Å². The van der Waals surface area contributed by atoms with Crippen LogP contribution in [0.15, 0.2) is 54.6 Å². The van der Waals surface area contributed by atoms with E-state index in [1.165, 1.54) is 5.69 Å². The maximum atomic E-state index is 12.7. The summed E-state index contributed by atoms with van der Waals surface area (Å²) >= 11 is 0. The van der Waals surface area contributed by atoms with Crippen LogP contribution in [0.25, 0.3) is 5.57 Å². The molecule has 0 bridgehead atoms. The molecule has 2 aromatic carbocycles. The van der Waals surface area contributed by atoms with Crippen molar-refractivity contribution >= 4 is 17.2 Å². The van der Waals surface area contributed by atoms with Gasteiger partial charge in [-0.05, 0) is 36.8 Å². The van der Waals surface area contributed by atoms with Crippen molar-refractivity contribution in [2.45, 2.75) is 6.92 Å². The monoisotopic (exact) mass is 366 g/mol. The van der Waals surface area contributed by atoms with Gasteiger partial charge < -0.3 is 19.3 Å². The number of hydrogen-bond acceptors (Lipinski definition) is 4. The molecule has 1 aliphatic heterocycles. The molecule has 0 aliphatic carbocycles. The van der Waals surface area contributed by atoms with Gasteiger partial charge >= 0.3 is 0 Å². The number of methoxy groups -OCH3 is 2. The molecule has 1 amide bonds. The third-order valence-corrected chi connectivity index (χ3v) is 4.89. The topological polar surface area (TPSA) is 42.0 Å². The Balaban J connectivity index is 1.66. The molecule has 2 aromatic rings. The summed E-state index contributed by atoms with van der Waals surface area (Å²) in [6, 6.07) is 15.9. The summed E-state index contributed by atoms with van der Waals surface area (Å²) in [7, 11) is 3.24. The van der Waals surface area contributed by atoms with Crippen LogP contribution >= 0.6 is 0 Å². The Labute approximate surface area is 160 Å². The first kappa shape index (κ1) is 18.8. The van der Waals surface area contributed by atoms with Crippen LogP contribution in [0.4, 0.5) is 5.69 Å². The Hall–Kier alpha value is -2.95. The van der Waals surface area contributed by atoms with E-state index in [0.29, 0.717) is 5.75 Å². The van der Waals surface area contributed by atoms with Crippen LogP contribution in [0.1, 0.15) is 12.5 Å².